The lowest BCUT2D eigenvalue weighted by molar-refractivity contribution is 0.818. The number of hydrazine groups is 1. The molecule has 7 heteroatoms. The van der Waals surface area contributed by atoms with E-state index < -0.39 is 0 Å². The van der Waals surface area contributed by atoms with Crippen LogP contribution in [0.4, 0.5) is 5.82 Å². The van der Waals surface area contributed by atoms with Crippen LogP contribution >= 0.6 is 11.8 Å². The van der Waals surface area contributed by atoms with Gasteiger partial charge in [0.05, 0.1) is 5.70 Å². The molecule has 0 saturated heterocycles. The summed E-state index contributed by atoms with van der Waals surface area (Å²) in [7, 11) is 0. The fraction of sp³-hybridized carbons (Fsp3) is 0.200. The summed E-state index contributed by atoms with van der Waals surface area (Å²) < 4.78 is 1.36. The standard InChI is InChI=1S/C15H18N6S/c1-10-7-14(20-16)21(17)15(18-10)19-12-8-13(12)22-9-11-5-3-2-4-6-11/h2-7,20H,8-9,16-17H2,1H3. The molecule has 1 aromatic heterocycles. The van der Waals surface area contributed by atoms with E-state index in [1.807, 2.05) is 24.8 Å². The van der Waals surface area contributed by atoms with Gasteiger partial charge in [-0.15, -0.1) is 11.8 Å². The van der Waals surface area contributed by atoms with Crippen molar-refractivity contribution in [2.24, 2.45) is 10.8 Å². The molecule has 1 aliphatic rings. The molecule has 0 aliphatic heterocycles. The minimum Gasteiger partial charge on any atom is -0.335 e. The van der Waals surface area contributed by atoms with E-state index in [4.69, 9.17) is 11.7 Å². The van der Waals surface area contributed by atoms with E-state index in [0.29, 0.717) is 11.4 Å². The van der Waals surface area contributed by atoms with Crippen LogP contribution in [0.3, 0.4) is 0 Å². The Morgan fingerprint density at radius 3 is 2.86 bits per heavy atom. The number of benzene rings is 1. The summed E-state index contributed by atoms with van der Waals surface area (Å²) in [4.78, 5) is 10.2. The Hall–Kier alpha value is -2.25. The lowest BCUT2D eigenvalue weighted by atomic mass is 10.2. The summed E-state index contributed by atoms with van der Waals surface area (Å²) >= 11 is 1.81. The summed E-state index contributed by atoms with van der Waals surface area (Å²) in [5.74, 6) is 12.9. The van der Waals surface area contributed by atoms with Crippen molar-refractivity contribution in [1.82, 2.24) is 9.66 Å². The third-order valence-electron chi connectivity index (χ3n) is 3.26. The summed E-state index contributed by atoms with van der Waals surface area (Å²) in [5, 5.41) is 0. The molecule has 0 atom stereocenters. The molecule has 0 spiro atoms. The molecule has 5 N–H and O–H groups in total. The molecular formula is C15H18N6S. The van der Waals surface area contributed by atoms with E-state index in [0.717, 1.165) is 23.6 Å². The Labute approximate surface area is 132 Å². The molecule has 6 nitrogen and oxygen atoms in total. The van der Waals surface area contributed by atoms with Gasteiger partial charge in [-0.25, -0.2) is 20.5 Å². The first-order valence-corrected chi connectivity index (χ1v) is 7.92. The molecule has 0 fully saturated rings. The van der Waals surface area contributed by atoms with Crippen LogP contribution in [-0.2, 0) is 5.75 Å². The molecule has 1 heterocycles. The smallest absolute Gasteiger partial charge is 0.250 e. The SMILES string of the molecule is Cc1cc(NN)n(N)c(=NC2=C(SCc3ccccc3)C2)n1. The molecule has 3 rings (SSSR count). The Bertz CT molecular complexity index is 778. The Morgan fingerprint density at radius 2 is 2.14 bits per heavy atom. The Kier molecular flexibility index (Phi) is 4.17. The largest absolute Gasteiger partial charge is 0.335 e. The van der Waals surface area contributed by atoms with Crippen LogP contribution in [0.2, 0.25) is 0 Å². The fourth-order valence-electron chi connectivity index (χ4n) is 2.02. The number of hydrogen-bond acceptors (Lipinski definition) is 6. The Morgan fingerprint density at radius 1 is 1.36 bits per heavy atom. The number of allylic oxidation sites excluding steroid dienone is 2. The van der Waals surface area contributed by atoms with Gasteiger partial charge in [0.2, 0.25) is 0 Å². The third kappa shape index (κ3) is 3.32. The maximum absolute atomic E-state index is 5.94. The van der Waals surface area contributed by atoms with Crippen molar-refractivity contribution in [1.29, 1.82) is 0 Å². The number of aromatic nitrogens is 2. The van der Waals surface area contributed by atoms with Gasteiger partial charge in [0.1, 0.15) is 5.82 Å². The van der Waals surface area contributed by atoms with Crippen LogP contribution in [0.5, 0.6) is 0 Å². The number of nitrogens with two attached hydrogens (primary N) is 2. The van der Waals surface area contributed by atoms with Crippen molar-refractivity contribution in [3.05, 3.63) is 63.9 Å². The van der Waals surface area contributed by atoms with Crippen LogP contribution in [0.1, 0.15) is 17.7 Å². The van der Waals surface area contributed by atoms with Gasteiger partial charge in [0.25, 0.3) is 5.62 Å². The number of nitrogens with zero attached hydrogens (tertiary/aromatic N) is 3. The predicted octanol–water partition coefficient (Wildman–Crippen LogP) is 1.64. The van der Waals surface area contributed by atoms with E-state index in [1.165, 1.54) is 15.1 Å². The number of aryl methyl sites for hydroxylation is 1. The molecule has 0 radical (unpaired) electrons. The van der Waals surface area contributed by atoms with Gasteiger partial charge >= 0.3 is 0 Å². The number of thioether (sulfide) groups is 1. The quantitative estimate of drug-likeness (QED) is 0.576. The predicted molar refractivity (Wildman–Crippen MR) is 89.9 cm³/mol. The van der Waals surface area contributed by atoms with Gasteiger partial charge < -0.3 is 11.3 Å². The minimum atomic E-state index is 0.457. The van der Waals surface area contributed by atoms with Gasteiger partial charge in [-0.2, -0.15) is 0 Å². The lowest BCUT2D eigenvalue weighted by Gasteiger charge is -2.07. The lowest BCUT2D eigenvalue weighted by Crippen LogP contribution is -2.34. The van der Waals surface area contributed by atoms with Gasteiger partial charge in [0.15, 0.2) is 0 Å². The molecule has 0 bridgehead atoms. The summed E-state index contributed by atoms with van der Waals surface area (Å²) in [6.45, 7) is 1.88. The van der Waals surface area contributed by atoms with Crippen LogP contribution < -0.4 is 22.7 Å². The molecule has 0 amide bonds. The van der Waals surface area contributed by atoms with Crippen molar-refractivity contribution < 1.29 is 0 Å². The molecule has 2 aromatic rings. The van der Waals surface area contributed by atoms with E-state index in [1.54, 1.807) is 6.07 Å². The minimum absolute atomic E-state index is 0.457. The second-order valence-corrected chi connectivity index (χ2v) is 6.10. The second-order valence-electron chi connectivity index (χ2n) is 5.03. The second kappa shape index (κ2) is 6.25. The van der Waals surface area contributed by atoms with E-state index in [2.05, 4.69) is 39.7 Å². The maximum atomic E-state index is 5.94. The summed E-state index contributed by atoms with van der Waals surface area (Å²) in [5.41, 5.74) is 6.17. The first-order chi connectivity index (χ1) is 10.7. The highest BCUT2D eigenvalue weighted by Gasteiger charge is 2.22. The van der Waals surface area contributed by atoms with Gasteiger partial charge in [-0.3, -0.25) is 0 Å². The van der Waals surface area contributed by atoms with Crippen LogP contribution in [0.15, 0.2) is 52.0 Å². The van der Waals surface area contributed by atoms with Gasteiger partial charge in [-0.1, -0.05) is 30.3 Å². The number of anilines is 1. The fourth-order valence-corrected chi connectivity index (χ4v) is 3.00. The molecule has 114 valence electrons. The van der Waals surface area contributed by atoms with Crippen molar-refractivity contribution >= 4 is 17.6 Å². The highest BCUT2D eigenvalue weighted by Crippen LogP contribution is 2.42. The highest BCUT2D eigenvalue weighted by molar-refractivity contribution is 8.02. The summed E-state index contributed by atoms with van der Waals surface area (Å²) in [6.07, 6.45) is 0.901. The molecule has 22 heavy (non-hydrogen) atoms. The molecule has 0 unspecified atom stereocenters. The molecule has 1 aliphatic carbocycles. The zero-order chi connectivity index (χ0) is 15.5. The van der Waals surface area contributed by atoms with E-state index in [-0.39, 0.29) is 0 Å². The van der Waals surface area contributed by atoms with Crippen LogP contribution in [0.25, 0.3) is 0 Å². The molecule has 0 saturated carbocycles. The highest BCUT2D eigenvalue weighted by atomic mass is 32.2. The van der Waals surface area contributed by atoms with Gasteiger partial charge in [0, 0.05) is 28.8 Å². The van der Waals surface area contributed by atoms with Crippen molar-refractivity contribution in [2.75, 3.05) is 11.3 Å². The van der Waals surface area contributed by atoms with Crippen molar-refractivity contribution in [3.63, 3.8) is 0 Å². The van der Waals surface area contributed by atoms with Crippen LogP contribution in [-0.4, -0.2) is 9.66 Å². The molecule has 1 aromatic carbocycles. The Balaban J connectivity index is 1.77. The first-order valence-electron chi connectivity index (χ1n) is 6.93. The maximum Gasteiger partial charge on any atom is 0.250 e. The summed E-state index contributed by atoms with van der Waals surface area (Å²) in [6, 6.07) is 12.2. The number of nitrogen functional groups attached to an aromatic ring is 2. The van der Waals surface area contributed by atoms with E-state index >= 15 is 0 Å². The molecular weight excluding hydrogens is 296 g/mol. The zero-order valence-corrected chi connectivity index (χ0v) is 13.1. The third-order valence-corrected chi connectivity index (χ3v) is 4.47. The van der Waals surface area contributed by atoms with Crippen LogP contribution in [0, 0.1) is 6.92 Å². The number of nitrogens with one attached hydrogen (secondary N) is 1. The average molecular weight is 314 g/mol. The van der Waals surface area contributed by atoms with Gasteiger partial charge in [-0.05, 0) is 12.5 Å². The number of hydrogen-bond donors (Lipinski definition) is 3. The first kappa shape index (κ1) is 14.7. The average Bonchev–Trinajstić information content (AvgIpc) is 3.27. The van der Waals surface area contributed by atoms with Crippen molar-refractivity contribution in [3.8, 4) is 0 Å². The zero-order valence-electron chi connectivity index (χ0n) is 12.3. The van der Waals surface area contributed by atoms with E-state index in [9.17, 15) is 0 Å². The number of rotatable bonds is 5. The normalized spacial score (nSPS) is 14.4. The monoisotopic (exact) mass is 314 g/mol. The topological polar surface area (TPSA) is 94.2 Å². The van der Waals surface area contributed by atoms with Crippen molar-refractivity contribution in [2.45, 2.75) is 19.1 Å².